The van der Waals surface area contributed by atoms with Gasteiger partial charge in [0.15, 0.2) is 12.1 Å². The molecular formula is C19H26Cl2O3. The molecule has 0 aromatic heterocycles. The summed E-state index contributed by atoms with van der Waals surface area (Å²) in [6, 6.07) is 5.95. The van der Waals surface area contributed by atoms with Crippen LogP contribution in [0.25, 0.3) is 0 Å². The first kappa shape index (κ1) is 18.5. The summed E-state index contributed by atoms with van der Waals surface area (Å²) in [6.45, 7) is 5.80. The Labute approximate surface area is 154 Å². The summed E-state index contributed by atoms with van der Waals surface area (Å²) < 4.78 is 11.4. The van der Waals surface area contributed by atoms with E-state index in [0.717, 1.165) is 6.42 Å². The molecule has 1 saturated heterocycles. The highest BCUT2D eigenvalue weighted by Crippen LogP contribution is 2.45. The first-order valence-electron chi connectivity index (χ1n) is 8.75. The van der Waals surface area contributed by atoms with Gasteiger partial charge in [-0.3, -0.25) is 0 Å². The zero-order valence-electron chi connectivity index (χ0n) is 14.5. The number of halogens is 2. The molecular weight excluding hydrogens is 347 g/mol. The predicted octanol–water partition coefficient (Wildman–Crippen LogP) is 5.37. The fraction of sp³-hybridized carbons (Fsp3) is 0.684. The number of aliphatic hydroxyl groups excluding tert-OH is 1. The van der Waals surface area contributed by atoms with Crippen molar-refractivity contribution in [3.63, 3.8) is 0 Å². The molecule has 0 amide bonds. The number of ether oxygens (including phenoxy) is 2. The van der Waals surface area contributed by atoms with Crippen LogP contribution in [0.15, 0.2) is 18.2 Å². The summed E-state index contributed by atoms with van der Waals surface area (Å²) in [5.41, 5.74) is 1.23. The lowest BCUT2D eigenvalue weighted by Gasteiger charge is -2.37. The predicted molar refractivity (Wildman–Crippen MR) is 96.4 cm³/mol. The quantitative estimate of drug-likeness (QED) is 0.754. The zero-order chi connectivity index (χ0) is 17.5. The van der Waals surface area contributed by atoms with Crippen molar-refractivity contribution in [2.45, 2.75) is 70.6 Å². The maximum atomic E-state index is 10.2. The average Bonchev–Trinajstić information content (AvgIpc) is 2.72. The Bertz CT molecular complexity index is 586. The molecule has 24 heavy (non-hydrogen) atoms. The van der Waals surface area contributed by atoms with Crippen molar-refractivity contribution in [2.75, 3.05) is 0 Å². The molecule has 3 nitrogen and oxygen atoms in total. The van der Waals surface area contributed by atoms with E-state index in [2.05, 4.69) is 13.0 Å². The second-order valence-electron chi connectivity index (χ2n) is 7.67. The van der Waals surface area contributed by atoms with Crippen molar-refractivity contribution >= 4 is 23.2 Å². The van der Waals surface area contributed by atoms with Crippen LogP contribution in [0.1, 0.15) is 57.9 Å². The molecule has 2 aliphatic rings. The molecule has 1 N–H and O–H groups in total. The molecule has 0 spiro atoms. The molecule has 0 bridgehead atoms. The van der Waals surface area contributed by atoms with Gasteiger partial charge < -0.3 is 14.6 Å². The van der Waals surface area contributed by atoms with E-state index < -0.39 is 12.1 Å². The van der Waals surface area contributed by atoms with Gasteiger partial charge >= 0.3 is 0 Å². The normalized spacial score (nSPS) is 29.2. The molecule has 1 aromatic carbocycles. The summed E-state index contributed by atoms with van der Waals surface area (Å²) >= 11 is 12.3. The summed E-state index contributed by atoms with van der Waals surface area (Å²) in [6.07, 6.45) is 3.54. The van der Waals surface area contributed by atoms with Crippen molar-refractivity contribution in [1.29, 1.82) is 0 Å². The molecule has 1 aliphatic carbocycles. The smallest absolute Gasteiger partial charge is 0.184 e. The van der Waals surface area contributed by atoms with E-state index in [4.69, 9.17) is 32.7 Å². The molecule has 2 fully saturated rings. The van der Waals surface area contributed by atoms with E-state index in [-0.39, 0.29) is 12.0 Å². The van der Waals surface area contributed by atoms with Crippen molar-refractivity contribution in [2.24, 2.45) is 11.8 Å². The van der Waals surface area contributed by atoms with Gasteiger partial charge in [0.1, 0.15) is 6.10 Å². The van der Waals surface area contributed by atoms with Gasteiger partial charge in [0.25, 0.3) is 0 Å². The Hall–Kier alpha value is -0.320. The van der Waals surface area contributed by atoms with Crippen LogP contribution >= 0.6 is 23.2 Å². The molecule has 1 aromatic rings. The maximum Gasteiger partial charge on any atom is 0.184 e. The van der Waals surface area contributed by atoms with Gasteiger partial charge in [-0.25, -0.2) is 0 Å². The zero-order valence-corrected chi connectivity index (χ0v) is 16.0. The molecule has 1 saturated carbocycles. The van der Waals surface area contributed by atoms with Gasteiger partial charge in [-0.1, -0.05) is 42.6 Å². The minimum atomic E-state index is -0.870. The Kier molecular flexibility index (Phi) is 5.48. The molecule has 4 atom stereocenters. The molecule has 3 unspecified atom stereocenters. The number of hydrogen-bond acceptors (Lipinski definition) is 3. The van der Waals surface area contributed by atoms with Crippen molar-refractivity contribution in [3.8, 4) is 0 Å². The number of rotatable bonds is 5. The SMILES string of the molecule is C[C@@H](CC(c1ccc(Cl)c(Cl)c1)C1CCC1)C1OC(C)(C)OC1O. The lowest BCUT2D eigenvalue weighted by molar-refractivity contribution is -0.174. The third-order valence-electron chi connectivity index (χ3n) is 5.38. The number of hydrogen-bond donors (Lipinski definition) is 1. The van der Waals surface area contributed by atoms with Gasteiger partial charge in [0.05, 0.1) is 10.0 Å². The topological polar surface area (TPSA) is 38.7 Å². The van der Waals surface area contributed by atoms with Crippen LogP contribution < -0.4 is 0 Å². The van der Waals surface area contributed by atoms with E-state index in [1.54, 1.807) is 0 Å². The van der Waals surface area contributed by atoms with Crippen LogP contribution in [0, 0.1) is 11.8 Å². The highest BCUT2D eigenvalue weighted by atomic mass is 35.5. The first-order chi connectivity index (χ1) is 11.3. The van der Waals surface area contributed by atoms with Crippen molar-refractivity contribution in [1.82, 2.24) is 0 Å². The Balaban J connectivity index is 1.76. The Morgan fingerprint density at radius 1 is 1.21 bits per heavy atom. The monoisotopic (exact) mass is 372 g/mol. The standard InChI is InChI=1S/C19H26Cl2O3/c1-11(17-18(22)24-19(2,3)23-17)9-14(12-5-4-6-12)13-7-8-15(20)16(21)10-13/h7-8,10-12,14,17-18,22H,4-6,9H2,1-3H3/t11-,14?,17?,18?/m0/s1. The van der Waals surface area contributed by atoms with Gasteiger partial charge in [0, 0.05) is 0 Å². The maximum absolute atomic E-state index is 10.2. The van der Waals surface area contributed by atoms with E-state index in [1.807, 2.05) is 26.0 Å². The minimum Gasteiger partial charge on any atom is -0.366 e. The summed E-state index contributed by atoms with van der Waals surface area (Å²) in [4.78, 5) is 0. The highest BCUT2D eigenvalue weighted by molar-refractivity contribution is 6.42. The number of benzene rings is 1. The summed E-state index contributed by atoms with van der Waals surface area (Å²) in [5.74, 6) is 0.524. The van der Waals surface area contributed by atoms with Crippen LogP contribution in [0.4, 0.5) is 0 Å². The summed E-state index contributed by atoms with van der Waals surface area (Å²) in [5, 5.41) is 11.4. The molecule has 5 heteroatoms. The molecule has 134 valence electrons. The third kappa shape index (κ3) is 3.91. The highest BCUT2D eigenvalue weighted by Gasteiger charge is 2.44. The average molecular weight is 373 g/mol. The van der Waals surface area contributed by atoms with Crippen LogP contribution in [-0.4, -0.2) is 23.3 Å². The Morgan fingerprint density at radius 2 is 1.92 bits per heavy atom. The van der Waals surface area contributed by atoms with Gasteiger partial charge in [-0.15, -0.1) is 0 Å². The van der Waals surface area contributed by atoms with Gasteiger partial charge in [-0.05, 0) is 68.6 Å². The first-order valence-corrected chi connectivity index (χ1v) is 9.51. The van der Waals surface area contributed by atoms with Crippen molar-refractivity contribution in [3.05, 3.63) is 33.8 Å². The van der Waals surface area contributed by atoms with Gasteiger partial charge in [-0.2, -0.15) is 0 Å². The third-order valence-corrected chi connectivity index (χ3v) is 6.12. The van der Waals surface area contributed by atoms with E-state index in [1.165, 1.54) is 24.8 Å². The largest absolute Gasteiger partial charge is 0.366 e. The fourth-order valence-electron chi connectivity index (χ4n) is 3.89. The van der Waals surface area contributed by atoms with Crippen molar-refractivity contribution < 1.29 is 14.6 Å². The summed E-state index contributed by atoms with van der Waals surface area (Å²) in [7, 11) is 0. The molecule has 1 aliphatic heterocycles. The molecule has 0 radical (unpaired) electrons. The van der Waals surface area contributed by atoms with Crippen LogP contribution in [0.2, 0.25) is 10.0 Å². The van der Waals surface area contributed by atoms with Crippen LogP contribution in [-0.2, 0) is 9.47 Å². The minimum absolute atomic E-state index is 0.182. The number of aliphatic hydroxyl groups is 1. The Morgan fingerprint density at radius 3 is 2.42 bits per heavy atom. The van der Waals surface area contributed by atoms with E-state index >= 15 is 0 Å². The van der Waals surface area contributed by atoms with E-state index in [0.29, 0.717) is 21.9 Å². The molecule has 3 rings (SSSR count). The van der Waals surface area contributed by atoms with Crippen LogP contribution in [0.5, 0.6) is 0 Å². The van der Waals surface area contributed by atoms with E-state index in [9.17, 15) is 5.11 Å². The lowest BCUT2D eigenvalue weighted by atomic mass is 9.69. The second kappa shape index (κ2) is 7.13. The fourth-order valence-corrected chi connectivity index (χ4v) is 4.20. The van der Waals surface area contributed by atoms with Crippen LogP contribution in [0.3, 0.4) is 0 Å². The lowest BCUT2D eigenvalue weighted by Crippen LogP contribution is -2.32. The molecule has 1 heterocycles. The second-order valence-corrected chi connectivity index (χ2v) is 8.49. The van der Waals surface area contributed by atoms with Gasteiger partial charge in [0.2, 0.25) is 0 Å².